The highest BCUT2D eigenvalue weighted by atomic mass is 35.5. The van der Waals surface area contributed by atoms with Crippen LogP contribution in [0.4, 0.5) is 0 Å². The van der Waals surface area contributed by atoms with E-state index in [1.807, 2.05) is 158 Å². The van der Waals surface area contributed by atoms with Crippen LogP contribution in [0.3, 0.4) is 0 Å². The lowest BCUT2D eigenvalue weighted by Crippen LogP contribution is -2.50. The third-order valence-electron chi connectivity index (χ3n) is 23.8. The first-order chi connectivity index (χ1) is 62.8. The Kier molecular flexibility index (Phi) is 20.5. The molecule has 26 rings (SSSR count). The van der Waals surface area contributed by atoms with Crippen molar-refractivity contribution in [2.75, 3.05) is 0 Å². The predicted octanol–water partition coefficient (Wildman–Crippen LogP) is 29.3. The van der Waals surface area contributed by atoms with Crippen molar-refractivity contribution in [1.82, 2.24) is 59.0 Å². The van der Waals surface area contributed by atoms with Gasteiger partial charge in [0.15, 0.2) is 5.82 Å². The van der Waals surface area contributed by atoms with Gasteiger partial charge in [0.2, 0.25) is 26.4 Å². The molecule has 0 N–H and O–H groups in total. The number of halogens is 5. The van der Waals surface area contributed by atoms with Crippen molar-refractivity contribution < 1.29 is 4.42 Å². The first-order valence-corrected chi connectivity index (χ1v) is 47.3. The summed E-state index contributed by atoms with van der Waals surface area (Å²) in [4.78, 5) is 44.5. The van der Waals surface area contributed by atoms with Crippen molar-refractivity contribution in [1.29, 1.82) is 0 Å². The minimum Gasteiger partial charge on any atom is -0.455 e. The molecule has 0 fully saturated rings. The van der Waals surface area contributed by atoms with Crippen LogP contribution >= 0.6 is 69.3 Å². The maximum atomic E-state index is 6.27. The van der Waals surface area contributed by atoms with Crippen molar-refractivity contribution in [3.63, 3.8) is 0 Å². The van der Waals surface area contributed by atoms with Crippen LogP contribution in [0.5, 0.6) is 0 Å². The third-order valence-corrected chi connectivity index (χ3v) is 29.4. The minimum atomic E-state index is -1.82. The monoisotopic (exact) mass is 1780 g/mol. The molecule has 0 aliphatic carbocycles. The molecule has 20 heteroatoms. The Morgan fingerprint density at radius 2 is 0.609 bits per heavy atom. The highest BCUT2D eigenvalue weighted by Crippen LogP contribution is 2.44. The van der Waals surface area contributed by atoms with Gasteiger partial charge >= 0.3 is 0 Å². The number of hydrogen-bond acceptors (Lipinski definition) is 12. The lowest BCUT2D eigenvalue weighted by molar-refractivity contribution is 0.670. The molecule has 0 saturated carbocycles. The van der Waals surface area contributed by atoms with E-state index in [4.69, 9.17) is 62.4 Å². The smallest absolute Gasteiger partial charge is 0.224 e. The van der Waals surface area contributed by atoms with E-state index >= 15 is 0 Å². The number of rotatable bonds is 6. The molecule has 0 unspecified atom stereocenters. The summed E-state index contributed by atoms with van der Waals surface area (Å²) in [5.41, 5.74) is 22.1. The zero-order chi connectivity index (χ0) is 86.3. The van der Waals surface area contributed by atoms with Gasteiger partial charge in [-0.3, -0.25) is 4.57 Å². The summed E-state index contributed by atoms with van der Waals surface area (Å²) in [6, 6.07) is 126. The Hall–Kier alpha value is -14.5. The third kappa shape index (κ3) is 14.2. The van der Waals surface area contributed by atoms with Crippen LogP contribution in [0.1, 0.15) is 0 Å². The fraction of sp³-hybridized carbons (Fsp3) is 0.0185. The van der Waals surface area contributed by atoms with Crippen molar-refractivity contribution in [2.45, 2.75) is 13.1 Å². The Morgan fingerprint density at radius 1 is 0.258 bits per heavy atom. The number of benzene rings is 16. The van der Waals surface area contributed by atoms with Gasteiger partial charge in [0, 0.05) is 107 Å². The molecule has 0 amide bonds. The van der Waals surface area contributed by atoms with Crippen molar-refractivity contribution in [2.24, 2.45) is 0 Å². The van der Waals surface area contributed by atoms with Crippen LogP contribution in [-0.2, 0) is 0 Å². The van der Waals surface area contributed by atoms with Crippen molar-refractivity contribution >= 4 is 228 Å². The first-order valence-electron chi connectivity index (χ1n) is 41.6. The number of para-hydroxylation sites is 11. The Balaban J connectivity index is 0.0000000945. The summed E-state index contributed by atoms with van der Waals surface area (Å²) in [6.45, 7) is 4.85. The van der Waals surface area contributed by atoms with Gasteiger partial charge in [-0.1, -0.05) is 292 Å². The van der Waals surface area contributed by atoms with E-state index in [2.05, 4.69) is 284 Å². The summed E-state index contributed by atoms with van der Waals surface area (Å²) in [6.07, 6.45) is 0. The molecule has 13 nitrogen and oxygen atoms in total. The zero-order valence-electron chi connectivity index (χ0n) is 68.3. The lowest BCUT2D eigenvalue weighted by Gasteiger charge is -2.22. The standard InChI is InChI=1S/C26H16ClN3.C22H17ClN2Si.C20H12ClN3.C20H11ClN2O.C20H11ClN2S/c27-26-28-22-10-4-1-9-21(22)25(29-26)17-13-15-18(16-14-17)30-23-11-5-2-7-19(23)20-8-3-6-12-24(20)30;1-26(2)19-13-6-4-8-14(19)15-10-7-11-17(21(15)26)20-16-9-3-5-12-18(16)24-22(23)25-20;21-20-22-16-10-4-1-9-15(16)19(23-20)24-17-11-5-2-7-13(17)14-8-3-6-12-18(14)24;2*21-20-22-16-10-3-1-7-14(16)18(23-20)15-9-5-8-13-12-6-2-4-11-17(12)24-19(13)15/h1-16H;3-13H,1-2H3;1-12H;2*1-11H. The second-order valence-corrected chi connectivity index (χ2v) is 38.5. The average Bonchev–Trinajstić information content (AvgIpc) is 1.56. The van der Waals surface area contributed by atoms with E-state index in [9.17, 15) is 0 Å². The lowest BCUT2D eigenvalue weighted by atomic mass is 10.00. The van der Waals surface area contributed by atoms with Crippen LogP contribution in [0.25, 0.3) is 208 Å². The number of furan rings is 1. The van der Waals surface area contributed by atoms with Gasteiger partial charge in [-0.25, -0.2) is 44.9 Å². The molecule has 1 aliphatic rings. The molecule has 0 bridgehead atoms. The Bertz CT molecular complexity index is 8450. The molecule has 1 aliphatic heterocycles. The molecule has 0 atom stereocenters. The molecule has 0 radical (unpaired) electrons. The fourth-order valence-corrected chi connectivity index (χ4v) is 23.8. The van der Waals surface area contributed by atoms with E-state index < -0.39 is 8.07 Å². The molecule has 610 valence electrons. The van der Waals surface area contributed by atoms with E-state index in [1.54, 1.807) is 11.3 Å². The van der Waals surface area contributed by atoms with Crippen molar-refractivity contribution in [3.05, 3.63) is 396 Å². The highest BCUT2D eigenvalue weighted by Gasteiger charge is 2.40. The predicted molar refractivity (Wildman–Crippen MR) is 536 cm³/mol. The summed E-state index contributed by atoms with van der Waals surface area (Å²) in [5.74, 6) is 0.808. The molecule has 25 aromatic rings. The maximum absolute atomic E-state index is 6.27. The summed E-state index contributed by atoms with van der Waals surface area (Å²) in [5, 5.41) is 18.9. The average molecular weight is 1790 g/mol. The van der Waals surface area contributed by atoms with E-state index in [0.29, 0.717) is 5.28 Å². The number of aromatic nitrogens is 12. The fourth-order valence-electron chi connectivity index (χ4n) is 18.3. The van der Waals surface area contributed by atoms with E-state index in [0.717, 1.165) is 138 Å². The van der Waals surface area contributed by atoms with Gasteiger partial charge in [-0.05, 0) is 171 Å². The van der Waals surface area contributed by atoms with Crippen LogP contribution in [-0.4, -0.2) is 67.0 Å². The number of thiophene rings is 1. The number of nitrogens with zero attached hydrogens (tertiary/aromatic N) is 12. The van der Waals surface area contributed by atoms with Crippen molar-refractivity contribution in [3.8, 4) is 67.7 Å². The molecule has 10 heterocycles. The quantitative estimate of drug-likeness (QED) is 0.116. The van der Waals surface area contributed by atoms with E-state index in [1.165, 1.54) is 79.8 Å². The zero-order valence-corrected chi connectivity index (χ0v) is 73.9. The second kappa shape index (κ2) is 33.1. The van der Waals surface area contributed by atoms with Gasteiger partial charge in [0.25, 0.3) is 0 Å². The Labute approximate surface area is 762 Å². The van der Waals surface area contributed by atoms with Gasteiger partial charge in [-0.15, -0.1) is 11.3 Å². The molecule has 0 saturated heterocycles. The van der Waals surface area contributed by atoms with Gasteiger partial charge < -0.3 is 8.98 Å². The van der Waals surface area contributed by atoms with Gasteiger partial charge in [0.1, 0.15) is 19.2 Å². The highest BCUT2D eigenvalue weighted by molar-refractivity contribution is 7.26. The Morgan fingerprint density at radius 3 is 1.15 bits per heavy atom. The number of hydrogen-bond donors (Lipinski definition) is 0. The summed E-state index contributed by atoms with van der Waals surface area (Å²) in [7, 11) is -1.82. The van der Waals surface area contributed by atoms with Gasteiger partial charge in [-0.2, -0.15) is 4.98 Å². The molecular formula is C108H67Cl5N12OSSi. The minimum absolute atomic E-state index is 0.233. The van der Waals surface area contributed by atoms with Crippen LogP contribution < -0.4 is 10.4 Å². The largest absolute Gasteiger partial charge is 0.455 e. The summed E-state index contributed by atoms with van der Waals surface area (Å²) >= 11 is 32.8. The molecule has 0 spiro atoms. The van der Waals surface area contributed by atoms with Crippen LogP contribution in [0.15, 0.2) is 374 Å². The number of fused-ring (bicyclic) bond motifs is 20. The van der Waals surface area contributed by atoms with Gasteiger partial charge in [0.05, 0.1) is 72.4 Å². The summed E-state index contributed by atoms with van der Waals surface area (Å²) < 4.78 is 13.1. The van der Waals surface area contributed by atoms with E-state index in [-0.39, 0.29) is 21.1 Å². The molecule has 16 aromatic carbocycles. The maximum Gasteiger partial charge on any atom is 0.224 e. The van der Waals surface area contributed by atoms with Crippen LogP contribution in [0.2, 0.25) is 39.5 Å². The first kappa shape index (κ1) is 79.4. The SMILES string of the molecule is C[Si]1(C)c2ccccc2-c2cccc(-c3nc(Cl)nc4ccccc34)c21.Clc1nc(-c2ccc(-n3c4ccccc4c4ccccc43)cc2)c2ccccc2n1.Clc1nc(-c2cccc3c2oc2ccccc23)c2ccccc2n1.Clc1nc(-c2cccc3c2sc2ccccc23)c2ccccc2n1.Clc1nc(-n2c3ccccc3c3ccccc32)c2ccccc2n1. The van der Waals surface area contributed by atoms with Crippen LogP contribution in [0, 0.1) is 0 Å². The normalized spacial score (nSPS) is 12.1. The molecule has 9 aromatic heterocycles. The topological polar surface area (TPSA) is 152 Å². The molecule has 128 heavy (non-hydrogen) atoms. The molecular weight excluding hydrogens is 1720 g/mol. The second-order valence-electron chi connectivity index (χ2n) is 31.5.